The van der Waals surface area contributed by atoms with Gasteiger partial charge in [-0.2, -0.15) is 0 Å². The third-order valence-electron chi connectivity index (χ3n) is 4.35. The lowest BCUT2D eigenvalue weighted by Crippen LogP contribution is -2.13. The van der Waals surface area contributed by atoms with E-state index in [4.69, 9.17) is 4.74 Å². The summed E-state index contributed by atoms with van der Waals surface area (Å²) in [5, 5.41) is 0. The van der Waals surface area contributed by atoms with Crippen LogP contribution in [-0.4, -0.2) is 5.97 Å². The Bertz CT molecular complexity index is 342. The lowest BCUT2D eigenvalue weighted by molar-refractivity contribution is -0.138. The third kappa shape index (κ3) is 0.844. The Morgan fingerprint density at radius 1 is 1.43 bits per heavy atom. The van der Waals surface area contributed by atoms with E-state index < -0.39 is 0 Å². The smallest absolute Gasteiger partial charge is 0.307 e. The van der Waals surface area contributed by atoms with E-state index in [1.54, 1.807) is 0 Å². The van der Waals surface area contributed by atoms with Gasteiger partial charge in [0.05, 0.1) is 0 Å². The molecule has 2 nitrogen and oxygen atoms in total. The molecular weight excluding hydrogens is 176 g/mol. The summed E-state index contributed by atoms with van der Waals surface area (Å²) in [5.74, 6) is 2.53. The Hall–Kier alpha value is -0.790. The average molecular weight is 192 g/mol. The Labute approximate surface area is 84.3 Å². The third-order valence-corrected chi connectivity index (χ3v) is 4.35. The molecule has 0 amide bonds. The predicted octanol–water partition coefficient (Wildman–Crippen LogP) is 2.64. The molecule has 3 atom stereocenters. The van der Waals surface area contributed by atoms with Crippen LogP contribution in [0.5, 0.6) is 0 Å². The number of carbonyl (C=O) groups excluding carboxylic acids is 1. The summed E-state index contributed by atoms with van der Waals surface area (Å²) >= 11 is 0. The molecule has 0 radical (unpaired) electrons. The van der Waals surface area contributed by atoms with Gasteiger partial charge < -0.3 is 4.74 Å². The van der Waals surface area contributed by atoms with Crippen molar-refractivity contribution in [2.75, 3.05) is 0 Å². The van der Waals surface area contributed by atoms with Gasteiger partial charge in [-0.15, -0.1) is 0 Å². The summed E-state index contributed by atoms with van der Waals surface area (Å²) in [6, 6.07) is 0. The van der Waals surface area contributed by atoms with Crippen LogP contribution in [0.15, 0.2) is 11.3 Å². The van der Waals surface area contributed by atoms with Gasteiger partial charge in [-0.25, -0.2) is 0 Å². The summed E-state index contributed by atoms with van der Waals surface area (Å²) < 4.78 is 5.42. The second-order valence-corrected chi connectivity index (χ2v) is 5.12. The normalized spacial score (nSPS) is 43.6. The molecule has 0 N–H and O–H groups in total. The Kier molecular flexibility index (Phi) is 1.47. The maximum atomic E-state index is 11.0. The predicted molar refractivity (Wildman–Crippen MR) is 52.3 cm³/mol. The van der Waals surface area contributed by atoms with Gasteiger partial charge in [0, 0.05) is 12.3 Å². The monoisotopic (exact) mass is 192 g/mol. The minimum atomic E-state index is -0.146. The molecule has 2 heteroatoms. The van der Waals surface area contributed by atoms with Crippen molar-refractivity contribution in [2.45, 2.75) is 39.5 Å². The van der Waals surface area contributed by atoms with Crippen molar-refractivity contribution < 1.29 is 9.53 Å². The van der Waals surface area contributed by atoms with Gasteiger partial charge in [0.2, 0.25) is 0 Å². The van der Waals surface area contributed by atoms with Gasteiger partial charge in [0.15, 0.2) is 0 Å². The van der Waals surface area contributed by atoms with Crippen LogP contribution in [0.1, 0.15) is 39.5 Å². The average Bonchev–Trinajstić information content (AvgIpc) is 2.65. The first-order valence-corrected chi connectivity index (χ1v) is 5.53. The van der Waals surface area contributed by atoms with E-state index >= 15 is 0 Å². The van der Waals surface area contributed by atoms with Crippen LogP contribution >= 0.6 is 0 Å². The summed E-state index contributed by atoms with van der Waals surface area (Å²) in [7, 11) is 0. The van der Waals surface area contributed by atoms with Gasteiger partial charge in [-0.05, 0) is 50.0 Å². The molecule has 0 aromatic heterocycles. The fourth-order valence-corrected chi connectivity index (χ4v) is 3.80. The molecule has 0 saturated heterocycles. The highest BCUT2D eigenvalue weighted by atomic mass is 16.5. The molecule has 2 fully saturated rings. The number of rotatable bonds is 1. The summed E-state index contributed by atoms with van der Waals surface area (Å²) in [5.41, 5.74) is 1.66. The van der Waals surface area contributed by atoms with Crippen molar-refractivity contribution in [3.63, 3.8) is 0 Å². The molecule has 14 heavy (non-hydrogen) atoms. The van der Waals surface area contributed by atoms with Gasteiger partial charge in [-0.3, -0.25) is 4.79 Å². The Morgan fingerprint density at radius 2 is 2.14 bits per heavy atom. The summed E-state index contributed by atoms with van der Waals surface area (Å²) in [6.07, 6.45) is 5.13. The minimum Gasteiger partial charge on any atom is -0.431 e. The second-order valence-electron chi connectivity index (χ2n) is 5.12. The standard InChI is InChI=1S/C12H16O2/c1-7-5-9-3-4-10-6-12(9,10)11(7)14-8(2)13/h9-10H,3-6H2,1-2H3/t9-,10-,12+/m1/s1. The van der Waals surface area contributed by atoms with E-state index in [9.17, 15) is 4.79 Å². The van der Waals surface area contributed by atoms with Crippen LogP contribution in [0, 0.1) is 17.3 Å². The maximum absolute atomic E-state index is 11.0. The molecule has 3 rings (SSSR count). The van der Waals surface area contributed by atoms with Crippen molar-refractivity contribution in [3.05, 3.63) is 11.3 Å². The van der Waals surface area contributed by atoms with Crippen molar-refractivity contribution >= 4 is 5.97 Å². The highest BCUT2D eigenvalue weighted by Gasteiger charge is 2.68. The SMILES string of the molecule is CC(=O)OC1=C(C)C[C@H]2CC[C@@H]3C[C@]123. The van der Waals surface area contributed by atoms with Crippen LogP contribution in [0.2, 0.25) is 0 Å². The Balaban J connectivity index is 1.94. The van der Waals surface area contributed by atoms with E-state index in [1.807, 2.05) is 0 Å². The van der Waals surface area contributed by atoms with E-state index in [0.29, 0.717) is 5.41 Å². The lowest BCUT2D eigenvalue weighted by atomic mass is 9.93. The molecule has 0 aliphatic heterocycles. The number of allylic oxidation sites excluding steroid dienone is 2. The van der Waals surface area contributed by atoms with Crippen molar-refractivity contribution in [1.82, 2.24) is 0 Å². The van der Waals surface area contributed by atoms with Gasteiger partial charge in [-0.1, -0.05) is 0 Å². The highest BCUT2D eigenvalue weighted by molar-refractivity contribution is 5.68. The molecule has 0 aromatic carbocycles. The van der Waals surface area contributed by atoms with Crippen LogP contribution in [0.4, 0.5) is 0 Å². The first-order chi connectivity index (χ1) is 6.64. The molecule has 0 heterocycles. The largest absolute Gasteiger partial charge is 0.431 e. The lowest BCUT2D eigenvalue weighted by Gasteiger charge is -2.16. The quantitative estimate of drug-likeness (QED) is 0.597. The van der Waals surface area contributed by atoms with Crippen LogP contribution < -0.4 is 0 Å². The van der Waals surface area contributed by atoms with Crippen LogP contribution in [-0.2, 0) is 9.53 Å². The number of hydrogen-bond acceptors (Lipinski definition) is 2. The van der Waals surface area contributed by atoms with Crippen LogP contribution in [0.25, 0.3) is 0 Å². The van der Waals surface area contributed by atoms with Gasteiger partial charge in [0.25, 0.3) is 0 Å². The molecule has 1 spiro atoms. The topological polar surface area (TPSA) is 26.3 Å². The zero-order valence-electron chi connectivity index (χ0n) is 8.80. The van der Waals surface area contributed by atoms with Gasteiger partial charge in [0.1, 0.15) is 5.76 Å². The highest BCUT2D eigenvalue weighted by Crippen LogP contribution is 2.74. The van der Waals surface area contributed by atoms with Crippen molar-refractivity contribution in [3.8, 4) is 0 Å². The van der Waals surface area contributed by atoms with E-state index in [-0.39, 0.29) is 5.97 Å². The first-order valence-electron chi connectivity index (χ1n) is 5.53. The number of carbonyl (C=O) groups is 1. The van der Waals surface area contributed by atoms with E-state index in [1.165, 1.54) is 38.2 Å². The zero-order valence-corrected chi connectivity index (χ0v) is 8.80. The molecule has 0 aromatic rings. The zero-order chi connectivity index (χ0) is 9.92. The van der Waals surface area contributed by atoms with Crippen LogP contribution in [0.3, 0.4) is 0 Å². The molecule has 3 aliphatic rings. The molecule has 3 aliphatic carbocycles. The van der Waals surface area contributed by atoms with Gasteiger partial charge >= 0.3 is 5.97 Å². The Morgan fingerprint density at radius 3 is 2.79 bits per heavy atom. The number of hydrogen-bond donors (Lipinski definition) is 0. The van der Waals surface area contributed by atoms with Crippen molar-refractivity contribution in [1.29, 1.82) is 0 Å². The number of esters is 1. The molecule has 0 bridgehead atoms. The first kappa shape index (κ1) is 8.51. The molecular formula is C12H16O2. The van der Waals surface area contributed by atoms with Crippen molar-refractivity contribution in [2.24, 2.45) is 17.3 Å². The second kappa shape index (κ2) is 2.41. The van der Waals surface area contributed by atoms with E-state index in [2.05, 4.69) is 6.92 Å². The molecule has 76 valence electrons. The summed E-state index contributed by atoms with van der Waals surface area (Å²) in [6.45, 7) is 3.64. The van der Waals surface area contributed by atoms with E-state index in [0.717, 1.165) is 17.6 Å². The maximum Gasteiger partial charge on any atom is 0.307 e. The minimum absolute atomic E-state index is 0.146. The fourth-order valence-electron chi connectivity index (χ4n) is 3.80. The molecule has 2 saturated carbocycles. The fraction of sp³-hybridized carbons (Fsp3) is 0.750. The number of ether oxygens (including phenoxy) is 1. The molecule has 0 unspecified atom stereocenters. The summed E-state index contributed by atoms with van der Waals surface area (Å²) in [4.78, 5) is 11.0.